The molecule has 2 heterocycles. The molecule has 1 aliphatic heterocycles. The van der Waals surface area contributed by atoms with Crippen molar-refractivity contribution in [3.63, 3.8) is 0 Å². The molecular formula is C18H24FN3O. The number of halogens is 1. The number of nitrogens with zero attached hydrogens (tertiary/aromatic N) is 3. The van der Waals surface area contributed by atoms with Gasteiger partial charge in [-0.2, -0.15) is 5.10 Å². The molecule has 0 amide bonds. The van der Waals surface area contributed by atoms with E-state index in [-0.39, 0.29) is 5.82 Å². The van der Waals surface area contributed by atoms with Gasteiger partial charge in [0.15, 0.2) is 0 Å². The first-order valence-corrected chi connectivity index (χ1v) is 8.29. The van der Waals surface area contributed by atoms with Crippen LogP contribution >= 0.6 is 0 Å². The number of hydrogen-bond acceptors (Lipinski definition) is 3. The van der Waals surface area contributed by atoms with Crippen molar-refractivity contribution in [3.8, 4) is 0 Å². The van der Waals surface area contributed by atoms with E-state index in [1.807, 2.05) is 24.0 Å². The Kier molecular flexibility index (Phi) is 5.08. The van der Waals surface area contributed by atoms with E-state index in [0.29, 0.717) is 18.2 Å². The summed E-state index contributed by atoms with van der Waals surface area (Å²) in [5.74, 6) is -0.337. The van der Waals surface area contributed by atoms with Gasteiger partial charge in [0, 0.05) is 24.3 Å². The van der Waals surface area contributed by atoms with E-state index in [1.165, 1.54) is 12.5 Å². The zero-order valence-electron chi connectivity index (χ0n) is 13.5. The van der Waals surface area contributed by atoms with Crippen molar-refractivity contribution in [1.29, 1.82) is 0 Å². The van der Waals surface area contributed by atoms with Gasteiger partial charge in [-0.1, -0.05) is 24.6 Å². The Morgan fingerprint density at radius 2 is 2.17 bits per heavy atom. The second kappa shape index (κ2) is 7.23. The summed E-state index contributed by atoms with van der Waals surface area (Å²) < 4.78 is 15.8. The molecular weight excluding hydrogens is 293 g/mol. The molecule has 2 atom stereocenters. The maximum Gasteiger partial charge on any atom is 0.129 e. The summed E-state index contributed by atoms with van der Waals surface area (Å²) in [6.45, 7) is 4.25. The molecule has 4 nitrogen and oxygen atoms in total. The van der Waals surface area contributed by atoms with Crippen LogP contribution in [0.25, 0.3) is 0 Å². The molecule has 0 radical (unpaired) electrons. The highest BCUT2D eigenvalue weighted by Gasteiger charge is 2.26. The topological polar surface area (TPSA) is 41.3 Å². The van der Waals surface area contributed by atoms with Gasteiger partial charge < -0.3 is 5.11 Å². The maximum atomic E-state index is 13.8. The first-order chi connectivity index (χ1) is 11.1. The van der Waals surface area contributed by atoms with E-state index < -0.39 is 6.10 Å². The first-order valence-electron chi connectivity index (χ1n) is 8.29. The van der Waals surface area contributed by atoms with Crippen LogP contribution in [0.5, 0.6) is 0 Å². The van der Waals surface area contributed by atoms with Crippen LogP contribution in [0.3, 0.4) is 0 Å². The van der Waals surface area contributed by atoms with Gasteiger partial charge in [0.2, 0.25) is 0 Å². The molecule has 124 valence electrons. The molecule has 0 spiro atoms. The van der Waals surface area contributed by atoms with E-state index in [4.69, 9.17) is 0 Å². The summed E-state index contributed by atoms with van der Waals surface area (Å²) in [6.07, 6.45) is 6.51. The summed E-state index contributed by atoms with van der Waals surface area (Å²) in [4.78, 5) is 2.28. The summed E-state index contributed by atoms with van der Waals surface area (Å²) >= 11 is 0. The third kappa shape index (κ3) is 3.98. The molecule has 1 aromatic carbocycles. The van der Waals surface area contributed by atoms with Gasteiger partial charge in [-0.25, -0.2) is 4.39 Å². The van der Waals surface area contributed by atoms with Crippen molar-refractivity contribution in [1.82, 2.24) is 14.7 Å². The molecule has 1 aliphatic rings. The van der Waals surface area contributed by atoms with Crippen molar-refractivity contribution in [2.45, 2.75) is 44.9 Å². The fourth-order valence-electron chi connectivity index (χ4n) is 3.36. The minimum absolute atomic E-state index is 0.337. The standard InChI is InChI=1S/C18H24FN3O/c1-14-10-20-22(11-14)12-15-6-4-5-9-21(15)13-18(23)16-7-2-3-8-17(16)19/h2-3,7-8,10-11,15,18,23H,4-6,9,12-13H2,1H3/t15-,18-/m1/s1. The number of β-amino-alcohol motifs (C(OH)–C–C–N with tert-alkyl or cyclic N) is 1. The van der Waals surface area contributed by atoms with Crippen molar-refractivity contribution in [3.05, 3.63) is 53.6 Å². The second-order valence-electron chi connectivity index (χ2n) is 6.42. The monoisotopic (exact) mass is 317 g/mol. The molecule has 1 fully saturated rings. The Morgan fingerprint density at radius 1 is 1.35 bits per heavy atom. The number of aromatic nitrogens is 2. The fourth-order valence-corrected chi connectivity index (χ4v) is 3.36. The number of rotatable bonds is 5. The molecule has 2 aromatic rings. The summed E-state index contributed by atoms with van der Waals surface area (Å²) in [7, 11) is 0. The number of aliphatic hydroxyl groups excluding tert-OH is 1. The zero-order chi connectivity index (χ0) is 16.2. The highest BCUT2D eigenvalue weighted by Crippen LogP contribution is 2.24. The number of aliphatic hydroxyl groups is 1. The third-order valence-corrected chi connectivity index (χ3v) is 4.58. The normalized spacial score (nSPS) is 20.6. The van der Waals surface area contributed by atoms with E-state index in [2.05, 4.69) is 10.00 Å². The first kappa shape index (κ1) is 16.1. The SMILES string of the molecule is Cc1cnn(C[C@H]2CCCCN2C[C@@H](O)c2ccccc2F)c1. The molecule has 0 aliphatic carbocycles. The highest BCUT2D eigenvalue weighted by atomic mass is 19.1. The predicted molar refractivity (Wildman–Crippen MR) is 87.5 cm³/mol. The van der Waals surface area contributed by atoms with Gasteiger partial charge in [0.1, 0.15) is 5.82 Å². The number of aryl methyl sites for hydroxylation is 1. The molecule has 5 heteroatoms. The van der Waals surface area contributed by atoms with Crippen molar-refractivity contribution >= 4 is 0 Å². The molecule has 0 unspecified atom stereocenters. The van der Waals surface area contributed by atoms with Crippen molar-refractivity contribution in [2.24, 2.45) is 0 Å². The zero-order valence-corrected chi connectivity index (χ0v) is 13.5. The molecule has 0 saturated carbocycles. The molecule has 1 aromatic heterocycles. The van der Waals surface area contributed by atoms with Gasteiger partial charge >= 0.3 is 0 Å². The van der Waals surface area contributed by atoms with Gasteiger partial charge in [0.05, 0.1) is 18.8 Å². The van der Waals surface area contributed by atoms with Crippen LogP contribution in [0, 0.1) is 12.7 Å². The molecule has 23 heavy (non-hydrogen) atoms. The Labute approximate surface area is 136 Å². The average molecular weight is 317 g/mol. The van der Waals surface area contributed by atoms with Crippen LogP contribution in [-0.4, -0.2) is 38.9 Å². The molecule has 1 saturated heterocycles. The van der Waals surface area contributed by atoms with E-state index in [1.54, 1.807) is 18.2 Å². The Morgan fingerprint density at radius 3 is 2.91 bits per heavy atom. The van der Waals surface area contributed by atoms with E-state index >= 15 is 0 Å². The minimum atomic E-state index is -0.795. The predicted octanol–water partition coefficient (Wildman–Crippen LogP) is 2.92. The van der Waals surface area contributed by atoms with Crippen LogP contribution in [0.2, 0.25) is 0 Å². The Hall–Kier alpha value is -1.72. The number of hydrogen-bond donors (Lipinski definition) is 1. The fraction of sp³-hybridized carbons (Fsp3) is 0.500. The van der Waals surface area contributed by atoms with Gasteiger partial charge in [0.25, 0.3) is 0 Å². The number of likely N-dealkylation sites (tertiary alicyclic amines) is 1. The van der Waals surface area contributed by atoms with Crippen LogP contribution in [-0.2, 0) is 6.54 Å². The highest BCUT2D eigenvalue weighted by molar-refractivity contribution is 5.20. The van der Waals surface area contributed by atoms with Crippen molar-refractivity contribution in [2.75, 3.05) is 13.1 Å². The third-order valence-electron chi connectivity index (χ3n) is 4.58. The lowest BCUT2D eigenvalue weighted by Crippen LogP contribution is -2.44. The lowest BCUT2D eigenvalue weighted by Gasteiger charge is -2.37. The van der Waals surface area contributed by atoms with Crippen LogP contribution in [0.1, 0.15) is 36.5 Å². The lowest BCUT2D eigenvalue weighted by molar-refractivity contribution is 0.0575. The van der Waals surface area contributed by atoms with Crippen LogP contribution in [0.15, 0.2) is 36.7 Å². The largest absolute Gasteiger partial charge is 0.387 e. The number of benzene rings is 1. The summed E-state index contributed by atoms with van der Waals surface area (Å²) in [5.41, 5.74) is 1.53. The van der Waals surface area contributed by atoms with E-state index in [9.17, 15) is 9.50 Å². The van der Waals surface area contributed by atoms with Crippen molar-refractivity contribution < 1.29 is 9.50 Å². The number of piperidine rings is 1. The Bertz CT molecular complexity index is 643. The minimum Gasteiger partial charge on any atom is -0.387 e. The Balaban J connectivity index is 1.67. The van der Waals surface area contributed by atoms with E-state index in [0.717, 1.165) is 31.5 Å². The second-order valence-corrected chi connectivity index (χ2v) is 6.42. The lowest BCUT2D eigenvalue weighted by atomic mass is 10.00. The van der Waals surface area contributed by atoms with Gasteiger partial charge in [-0.3, -0.25) is 9.58 Å². The quantitative estimate of drug-likeness (QED) is 0.922. The maximum absolute atomic E-state index is 13.8. The summed E-state index contributed by atoms with van der Waals surface area (Å²) in [5, 5.41) is 14.8. The van der Waals surface area contributed by atoms with Gasteiger partial charge in [-0.15, -0.1) is 0 Å². The molecule has 1 N–H and O–H groups in total. The van der Waals surface area contributed by atoms with Gasteiger partial charge in [-0.05, 0) is 37.9 Å². The smallest absolute Gasteiger partial charge is 0.129 e. The summed E-state index contributed by atoms with van der Waals surface area (Å²) in [6, 6.07) is 6.82. The molecule has 0 bridgehead atoms. The average Bonchev–Trinajstić information content (AvgIpc) is 2.95. The van der Waals surface area contributed by atoms with Crippen LogP contribution in [0.4, 0.5) is 4.39 Å². The van der Waals surface area contributed by atoms with Crippen LogP contribution < -0.4 is 0 Å². The molecule has 3 rings (SSSR count).